The first kappa shape index (κ1) is 11.9. The zero-order chi connectivity index (χ0) is 13.0. The van der Waals surface area contributed by atoms with E-state index in [1.54, 1.807) is 18.2 Å². The molecule has 0 aliphatic rings. The van der Waals surface area contributed by atoms with Crippen molar-refractivity contribution >= 4 is 5.91 Å². The summed E-state index contributed by atoms with van der Waals surface area (Å²) >= 11 is 0. The fourth-order valence-corrected chi connectivity index (χ4v) is 1.70. The number of rotatable bonds is 3. The van der Waals surface area contributed by atoms with Crippen LogP contribution in [0.5, 0.6) is 0 Å². The summed E-state index contributed by atoms with van der Waals surface area (Å²) in [6.07, 6.45) is 1.85. The van der Waals surface area contributed by atoms with E-state index in [2.05, 4.69) is 11.5 Å². The van der Waals surface area contributed by atoms with Crippen LogP contribution in [0.1, 0.15) is 21.6 Å². The summed E-state index contributed by atoms with van der Waals surface area (Å²) in [7, 11) is 0. The van der Waals surface area contributed by atoms with Gasteiger partial charge in [0, 0.05) is 18.3 Å². The van der Waals surface area contributed by atoms with Crippen LogP contribution in [0.25, 0.3) is 0 Å². The Labute approximate surface area is 104 Å². The van der Waals surface area contributed by atoms with Gasteiger partial charge in [0.15, 0.2) is 0 Å². The Morgan fingerprint density at radius 1 is 1.33 bits per heavy atom. The first-order chi connectivity index (χ1) is 8.74. The number of nitrogens with two attached hydrogens (primary N) is 1. The third-order valence-corrected chi connectivity index (χ3v) is 2.64. The second kappa shape index (κ2) is 5.17. The van der Waals surface area contributed by atoms with Crippen LogP contribution in [0.15, 0.2) is 42.6 Å². The molecule has 0 saturated carbocycles. The smallest absolute Gasteiger partial charge is 0.265 e. The number of hydrogen-bond donors (Lipinski definition) is 2. The quantitative estimate of drug-likeness (QED) is 0.477. The monoisotopic (exact) mass is 240 g/mol. The number of aromatic nitrogens is 1. The van der Waals surface area contributed by atoms with E-state index in [1.807, 2.05) is 29.0 Å². The number of nitrogen functional groups attached to an aromatic ring is 1. The lowest BCUT2D eigenvalue weighted by atomic mass is 10.1. The molecule has 0 saturated heterocycles. The van der Waals surface area contributed by atoms with Gasteiger partial charge in [0.05, 0.1) is 0 Å². The highest BCUT2D eigenvalue weighted by Gasteiger charge is 2.04. The SMILES string of the molecule is N#Cc1cccn1Cc1ccc(C(=O)NN)cc1. The fourth-order valence-electron chi connectivity index (χ4n) is 1.70. The summed E-state index contributed by atoms with van der Waals surface area (Å²) in [6.45, 7) is 0.598. The van der Waals surface area contributed by atoms with Crippen molar-refractivity contribution in [2.24, 2.45) is 5.84 Å². The summed E-state index contributed by atoms with van der Waals surface area (Å²) < 4.78 is 1.85. The minimum atomic E-state index is -0.319. The van der Waals surface area contributed by atoms with Crippen molar-refractivity contribution in [2.75, 3.05) is 0 Å². The first-order valence-electron chi connectivity index (χ1n) is 5.39. The molecule has 0 atom stereocenters. The van der Waals surface area contributed by atoms with Gasteiger partial charge in [-0.25, -0.2) is 5.84 Å². The molecule has 0 aliphatic carbocycles. The maximum Gasteiger partial charge on any atom is 0.265 e. The van der Waals surface area contributed by atoms with Gasteiger partial charge in [0.2, 0.25) is 0 Å². The van der Waals surface area contributed by atoms with Crippen molar-refractivity contribution in [3.8, 4) is 6.07 Å². The summed E-state index contributed by atoms with van der Waals surface area (Å²) in [5.74, 6) is 4.73. The molecule has 1 aromatic carbocycles. The molecule has 2 aromatic rings. The standard InChI is InChI=1S/C13H12N4O/c14-8-12-2-1-7-17(12)9-10-3-5-11(6-4-10)13(18)16-15/h1-7H,9,15H2,(H,16,18). The number of benzene rings is 1. The Morgan fingerprint density at radius 3 is 2.67 bits per heavy atom. The number of carbonyl (C=O) groups is 1. The molecule has 0 fully saturated rings. The molecule has 1 aromatic heterocycles. The third kappa shape index (κ3) is 2.39. The van der Waals surface area contributed by atoms with Crippen LogP contribution in [-0.4, -0.2) is 10.5 Å². The number of nitrogens with one attached hydrogen (secondary N) is 1. The van der Waals surface area contributed by atoms with Crippen LogP contribution in [0.4, 0.5) is 0 Å². The maximum atomic E-state index is 11.3. The van der Waals surface area contributed by atoms with Crippen LogP contribution >= 0.6 is 0 Å². The highest BCUT2D eigenvalue weighted by Crippen LogP contribution is 2.09. The molecule has 2 rings (SSSR count). The van der Waals surface area contributed by atoms with Crippen LogP contribution in [0.3, 0.4) is 0 Å². The average Bonchev–Trinajstić information content (AvgIpc) is 2.86. The number of hydrogen-bond acceptors (Lipinski definition) is 3. The summed E-state index contributed by atoms with van der Waals surface area (Å²) in [5, 5.41) is 8.90. The molecule has 1 heterocycles. The molecular weight excluding hydrogens is 228 g/mol. The zero-order valence-electron chi connectivity index (χ0n) is 9.63. The summed E-state index contributed by atoms with van der Waals surface area (Å²) in [4.78, 5) is 11.3. The Morgan fingerprint density at radius 2 is 2.06 bits per heavy atom. The van der Waals surface area contributed by atoms with Gasteiger partial charge in [0.1, 0.15) is 11.8 Å². The van der Waals surface area contributed by atoms with Gasteiger partial charge in [0.25, 0.3) is 5.91 Å². The Bertz CT molecular complexity index is 592. The molecular formula is C13H12N4O. The molecule has 5 heteroatoms. The van der Waals surface area contributed by atoms with Crippen molar-refractivity contribution in [1.29, 1.82) is 5.26 Å². The highest BCUT2D eigenvalue weighted by atomic mass is 16.2. The predicted octanol–water partition coefficient (Wildman–Crippen LogP) is 1.01. The molecule has 5 nitrogen and oxygen atoms in total. The molecule has 0 radical (unpaired) electrons. The molecule has 0 spiro atoms. The van der Waals surface area contributed by atoms with E-state index in [0.29, 0.717) is 17.8 Å². The molecule has 1 amide bonds. The van der Waals surface area contributed by atoms with Gasteiger partial charge in [-0.1, -0.05) is 12.1 Å². The highest BCUT2D eigenvalue weighted by molar-refractivity contribution is 5.93. The van der Waals surface area contributed by atoms with Crippen LogP contribution in [-0.2, 0) is 6.54 Å². The molecule has 3 N–H and O–H groups in total. The van der Waals surface area contributed by atoms with Crippen molar-refractivity contribution in [2.45, 2.75) is 6.54 Å². The average molecular weight is 240 g/mol. The number of nitrogens with zero attached hydrogens (tertiary/aromatic N) is 2. The van der Waals surface area contributed by atoms with Gasteiger partial charge in [-0.05, 0) is 29.8 Å². The van der Waals surface area contributed by atoms with Gasteiger partial charge in [-0.3, -0.25) is 10.2 Å². The molecule has 0 unspecified atom stereocenters. The molecule has 0 aliphatic heterocycles. The fraction of sp³-hybridized carbons (Fsp3) is 0.0769. The van der Waals surface area contributed by atoms with E-state index in [1.165, 1.54) is 0 Å². The Balaban J connectivity index is 2.16. The minimum absolute atomic E-state index is 0.319. The van der Waals surface area contributed by atoms with Crippen LogP contribution in [0.2, 0.25) is 0 Å². The van der Waals surface area contributed by atoms with Crippen molar-refractivity contribution < 1.29 is 4.79 Å². The zero-order valence-corrected chi connectivity index (χ0v) is 9.63. The van der Waals surface area contributed by atoms with E-state index >= 15 is 0 Å². The Kier molecular flexibility index (Phi) is 3.41. The van der Waals surface area contributed by atoms with E-state index < -0.39 is 0 Å². The number of nitriles is 1. The summed E-state index contributed by atoms with van der Waals surface area (Å²) in [6, 6.07) is 12.8. The van der Waals surface area contributed by atoms with Gasteiger partial charge >= 0.3 is 0 Å². The Hall–Kier alpha value is -2.58. The van der Waals surface area contributed by atoms with E-state index in [4.69, 9.17) is 11.1 Å². The molecule has 18 heavy (non-hydrogen) atoms. The molecule has 0 bridgehead atoms. The molecule has 90 valence electrons. The number of amides is 1. The lowest BCUT2D eigenvalue weighted by Crippen LogP contribution is -2.29. The topological polar surface area (TPSA) is 83.8 Å². The second-order valence-electron chi connectivity index (χ2n) is 3.80. The first-order valence-corrected chi connectivity index (χ1v) is 5.39. The maximum absolute atomic E-state index is 11.3. The number of carbonyl (C=O) groups excluding carboxylic acids is 1. The lowest BCUT2D eigenvalue weighted by molar-refractivity contribution is 0.0953. The number of hydrazine groups is 1. The predicted molar refractivity (Wildman–Crippen MR) is 66.3 cm³/mol. The van der Waals surface area contributed by atoms with Crippen molar-refractivity contribution in [3.63, 3.8) is 0 Å². The van der Waals surface area contributed by atoms with Crippen molar-refractivity contribution in [1.82, 2.24) is 9.99 Å². The van der Waals surface area contributed by atoms with E-state index in [0.717, 1.165) is 5.56 Å². The van der Waals surface area contributed by atoms with Crippen molar-refractivity contribution in [3.05, 3.63) is 59.4 Å². The largest absolute Gasteiger partial charge is 0.335 e. The van der Waals surface area contributed by atoms with Gasteiger partial charge in [-0.2, -0.15) is 5.26 Å². The van der Waals surface area contributed by atoms with Gasteiger partial charge in [-0.15, -0.1) is 0 Å². The minimum Gasteiger partial charge on any atom is -0.335 e. The van der Waals surface area contributed by atoms with E-state index in [-0.39, 0.29) is 5.91 Å². The van der Waals surface area contributed by atoms with Crippen LogP contribution < -0.4 is 11.3 Å². The summed E-state index contributed by atoms with van der Waals surface area (Å²) in [5.41, 5.74) is 4.21. The van der Waals surface area contributed by atoms with E-state index in [9.17, 15) is 4.79 Å². The van der Waals surface area contributed by atoms with Gasteiger partial charge < -0.3 is 4.57 Å². The lowest BCUT2D eigenvalue weighted by Gasteiger charge is -2.06. The normalized spacial score (nSPS) is 9.78. The second-order valence-corrected chi connectivity index (χ2v) is 3.80. The van der Waals surface area contributed by atoms with Crippen LogP contribution in [0, 0.1) is 11.3 Å². The third-order valence-electron chi connectivity index (χ3n) is 2.64.